The van der Waals surface area contributed by atoms with E-state index in [0.717, 1.165) is 5.56 Å². The molecule has 0 saturated carbocycles. The van der Waals surface area contributed by atoms with Gasteiger partial charge in [0.05, 0.1) is 18.6 Å². The van der Waals surface area contributed by atoms with Gasteiger partial charge in [-0.3, -0.25) is 4.79 Å². The molecular formula is C22H19N3O4S. The molecule has 8 heteroatoms. The zero-order chi connectivity index (χ0) is 20.8. The van der Waals surface area contributed by atoms with Crippen LogP contribution in [0.3, 0.4) is 0 Å². The van der Waals surface area contributed by atoms with E-state index in [-0.39, 0.29) is 17.0 Å². The molecule has 2 aromatic carbocycles. The molecule has 0 fully saturated rings. The number of ether oxygens (including phenoxy) is 1. The second-order valence-electron chi connectivity index (χ2n) is 6.18. The minimum absolute atomic E-state index is 0.226. The lowest BCUT2D eigenvalue weighted by atomic mass is 10.1. The summed E-state index contributed by atoms with van der Waals surface area (Å²) in [4.78, 5) is 13.2. The van der Waals surface area contributed by atoms with E-state index in [1.807, 2.05) is 55.5 Å². The molecule has 0 aliphatic carbocycles. The maximum atomic E-state index is 13.2. The third-order valence-corrected chi connectivity index (χ3v) is 5.23. The fourth-order valence-corrected chi connectivity index (χ4v) is 3.68. The van der Waals surface area contributed by atoms with E-state index in [2.05, 4.69) is 15.5 Å². The summed E-state index contributed by atoms with van der Waals surface area (Å²) < 4.78 is 16.6. The average Bonchev–Trinajstić information content (AvgIpc) is 3.46. The Bertz CT molecular complexity index is 1100. The highest BCUT2D eigenvalue weighted by Gasteiger charge is 2.26. The second kappa shape index (κ2) is 9.32. The molecule has 0 aliphatic rings. The molecule has 0 unspecified atom stereocenters. The number of nitrogens with zero attached hydrogens (tertiary/aromatic N) is 2. The van der Waals surface area contributed by atoms with Crippen molar-refractivity contribution in [2.75, 3.05) is 11.9 Å². The number of nitrogens with one attached hydrogen (secondary N) is 1. The van der Waals surface area contributed by atoms with Crippen molar-refractivity contribution in [3.05, 3.63) is 78.6 Å². The fraction of sp³-hybridized carbons (Fsp3) is 0.136. The first-order valence-corrected chi connectivity index (χ1v) is 10.2. The number of carbonyl (C=O) groups is 1. The quantitative estimate of drug-likeness (QED) is 0.391. The predicted molar refractivity (Wildman–Crippen MR) is 113 cm³/mol. The van der Waals surface area contributed by atoms with Crippen molar-refractivity contribution in [3.8, 4) is 17.4 Å². The van der Waals surface area contributed by atoms with Crippen molar-refractivity contribution in [2.24, 2.45) is 0 Å². The Morgan fingerprint density at radius 3 is 2.63 bits per heavy atom. The third-order valence-electron chi connectivity index (χ3n) is 4.14. The van der Waals surface area contributed by atoms with E-state index in [9.17, 15) is 4.79 Å². The summed E-state index contributed by atoms with van der Waals surface area (Å²) in [7, 11) is 0. The highest BCUT2D eigenvalue weighted by Crippen LogP contribution is 2.37. The number of hydrogen-bond acceptors (Lipinski definition) is 7. The van der Waals surface area contributed by atoms with Gasteiger partial charge in [0.25, 0.3) is 11.1 Å². The molecule has 0 aliphatic heterocycles. The lowest BCUT2D eigenvalue weighted by Gasteiger charge is -2.17. The number of furan rings is 1. The van der Waals surface area contributed by atoms with E-state index in [1.54, 1.807) is 18.2 Å². The molecule has 4 aromatic rings. The normalized spacial score (nSPS) is 11.8. The van der Waals surface area contributed by atoms with Gasteiger partial charge in [-0.15, -0.1) is 10.2 Å². The molecule has 0 saturated heterocycles. The molecular weight excluding hydrogens is 402 g/mol. The van der Waals surface area contributed by atoms with Crippen LogP contribution in [0.4, 0.5) is 5.69 Å². The number of thioether (sulfide) groups is 1. The van der Waals surface area contributed by atoms with Gasteiger partial charge >= 0.3 is 0 Å². The fourth-order valence-electron chi connectivity index (χ4n) is 2.81. The summed E-state index contributed by atoms with van der Waals surface area (Å²) in [5.74, 6) is 1.12. The van der Waals surface area contributed by atoms with Gasteiger partial charge in [-0.25, -0.2) is 0 Å². The summed E-state index contributed by atoms with van der Waals surface area (Å²) in [5, 5.41) is 10.7. The zero-order valence-electron chi connectivity index (χ0n) is 16.1. The molecule has 30 heavy (non-hydrogen) atoms. The van der Waals surface area contributed by atoms with Gasteiger partial charge in [0, 0.05) is 0 Å². The van der Waals surface area contributed by atoms with Crippen LogP contribution in [0, 0.1) is 0 Å². The molecule has 1 N–H and O–H groups in total. The van der Waals surface area contributed by atoms with Crippen LogP contribution in [0.15, 0.2) is 87.1 Å². The van der Waals surface area contributed by atoms with Gasteiger partial charge in [0.2, 0.25) is 5.91 Å². The maximum absolute atomic E-state index is 13.2. The van der Waals surface area contributed by atoms with Crippen molar-refractivity contribution < 1.29 is 18.4 Å². The lowest BCUT2D eigenvalue weighted by molar-refractivity contribution is -0.115. The van der Waals surface area contributed by atoms with Crippen LogP contribution >= 0.6 is 11.8 Å². The summed E-state index contributed by atoms with van der Waals surface area (Å²) in [5.41, 5.74) is 1.42. The van der Waals surface area contributed by atoms with Crippen LogP contribution in [0.2, 0.25) is 0 Å². The molecule has 0 radical (unpaired) electrons. The number of anilines is 1. The van der Waals surface area contributed by atoms with Crippen LogP contribution in [0.25, 0.3) is 11.7 Å². The van der Waals surface area contributed by atoms with Gasteiger partial charge < -0.3 is 18.9 Å². The Hall–Kier alpha value is -3.52. The number of benzene rings is 2. The zero-order valence-corrected chi connectivity index (χ0v) is 17.0. The number of aromatic nitrogens is 2. The van der Waals surface area contributed by atoms with Crippen LogP contribution in [-0.4, -0.2) is 22.7 Å². The molecule has 7 nitrogen and oxygen atoms in total. The van der Waals surface area contributed by atoms with Crippen LogP contribution in [-0.2, 0) is 4.79 Å². The number of amides is 1. The minimum atomic E-state index is -0.606. The van der Waals surface area contributed by atoms with Gasteiger partial charge in [0.1, 0.15) is 11.0 Å². The number of carbonyl (C=O) groups excluding carboxylic acids is 1. The largest absolute Gasteiger partial charge is 0.492 e. The highest BCUT2D eigenvalue weighted by atomic mass is 32.2. The molecule has 1 amide bonds. The number of para-hydroxylation sites is 2. The first kappa shape index (κ1) is 19.8. The minimum Gasteiger partial charge on any atom is -0.492 e. The smallest absolute Gasteiger partial charge is 0.284 e. The number of rotatable bonds is 8. The van der Waals surface area contributed by atoms with Gasteiger partial charge in [0.15, 0.2) is 5.76 Å². The van der Waals surface area contributed by atoms with Gasteiger partial charge in [-0.05, 0) is 48.5 Å². The Morgan fingerprint density at radius 2 is 1.87 bits per heavy atom. The monoisotopic (exact) mass is 421 g/mol. The second-order valence-corrected chi connectivity index (χ2v) is 7.23. The van der Waals surface area contributed by atoms with Crippen molar-refractivity contribution >= 4 is 23.4 Å². The molecule has 1 atom stereocenters. The standard InChI is InChI=1S/C22H19N3O4S/c1-2-27-17-12-7-6-11-16(17)23-20(26)19(15-9-4-3-5-10-15)30-22-25-24-21(29-22)18-13-8-14-28-18/h3-14,19H,2H2,1H3,(H,23,26)/t19-/m1/s1. The number of hydrogen-bond donors (Lipinski definition) is 1. The molecule has 2 aromatic heterocycles. The Morgan fingerprint density at radius 1 is 1.07 bits per heavy atom. The van der Waals surface area contributed by atoms with E-state index in [1.165, 1.54) is 18.0 Å². The van der Waals surface area contributed by atoms with Crippen LogP contribution in [0.5, 0.6) is 5.75 Å². The molecule has 2 heterocycles. The average molecular weight is 421 g/mol. The Kier molecular flexibility index (Phi) is 6.14. The highest BCUT2D eigenvalue weighted by molar-refractivity contribution is 8.00. The van der Waals surface area contributed by atoms with E-state index in [4.69, 9.17) is 13.6 Å². The van der Waals surface area contributed by atoms with Crippen molar-refractivity contribution in [1.82, 2.24) is 10.2 Å². The van der Waals surface area contributed by atoms with E-state index >= 15 is 0 Å². The van der Waals surface area contributed by atoms with E-state index in [0.29, 0.717) is 23.8 Å². The maximum Gasteiger partial charge on any atom is 0.284 e. The van der Waals surface area contributed by atoms with Gasteiger partial charge in [-0.1, -0.05) is 42.5 Å². The van der Waals surface area contributed by atoms with Crippen molar-refractivity contribution in [2.45, 2.75) is 17.4 Å². The molecule has 152 valence electrons. The Labute approximate surface area is 177 Å². The summed E-state index contributed by atoms with van der Waals surface area (Å²) >= 11 is 1.17. The summed E-state index contributed by atoms with van der Waals surface area (Å²) in [6, 6.07) is 20.2. The predicted octanol–water partition coefficient (Wildman–Crippen LogP) is 5.20. The first-order chi connectivity index (χ1) is 14.7. The van der Waals surface area contributed by atoms with Crippen LogP contribution < -0.4 is 10.1 Å². The topological polar surface area (TPSA) is 90.4 Å². The van der Waals surface area contributed by atoms with Gasteiger partial charge in [-0.2, -0.15) is 0 Å². The summed E-state index contributed by atoms with van der Waals surface area (Å²) in [6.45, 7) is 2.40. The molecule has 0 bridgehead atoms. The molecule has 4 rings (SSSR count). The van der Waals surface area contributed by atoms with E-state index < -0.39 is 5.25 Å². The molecule has 0 spiro atoms. The SMILES string of the molecule is CCOc1ccccc1NC(=O)[C@H](Sc1nnc(-c2ccco2)o1)c1ccccc1. The van der Waals surface area contributed by atoms with Crippen molar-refractivity contribution in [1.29, 1.82) is 0 Å². The van der Waals surface area contributed by atoms with Crippen molar-refractivity contribution in [3.63, 3.8) is 0 Å². The summed E-state index contributed by atoms with van der Waals surface area (Å²) in [6.07, 6.45) is 1.53. The van der Waals surface area contributed by atoms with Crippen LogP contribution in [0.1, 0.15) is 17.7 Å². The Balaban J connectivity index is 1.58. The first-order valence-electron chi connectivity index (χ1n) is 9.36. The third kappa shape index (κ3) is 4.55. The lowest BCUT2D eigenvalue weighted by Crippen LogP contribution is -2.19.